The summed E-state index contributed by atoms with van der Waals surface area (Å²) < 4.78 is 0. The first kappa shape index (κ1) is 24.6. The summed E-state index contributed by atoms with van der Waals surface area (Å²) in [5.41, 5.74) is 0.784. The highest BCUT2D eigenvalue weighted by Gasteiger charge is 2.53. The van der Waals surface area contributed by atoms with Crippen LogP contribution in [0.4, 0.5) is 0 Å². The van der Waals surface area contributed by atoms with Gasteiger partial charge in [-0.3, -0.25) is 9.59 Å². The Morgan fingerprint density at radius 2 is 1.58 bits per heavy atom. The van der Waals surface area contributed by atoms with Gasteiger partial charge in [0.15, 0.2) is 0 Å². The maximum absolute atomic E-state index is 13.5. The molecule has 2 fully saturated rings. The van der Waals surface area contributed by atoms with Crippen molar-refractivity contribution in [1.82, 2.24) is 15.1 Å². The van der Waals surface area contributed by atoms with E-state index in [1.165, 1.54) is 0 Å². The molecule has 1 aliphatic heterocycles. The number of hydrogen-bond donors (Lipinski definition) is 1. The maximum Gasteiger partial charge on any atom is 0.245 e. The molecule has 1 heterocycles. The average Bonchev–Trinajstić information content (AvgIpc) is 3.54. The lowest BCUT2D eigenvalue weighted by Gasteiger charge is -2.35. The Balaban J connectivity index is 1.58. The van der Waals surface area contributed by atoms with Gasteiger partial charge in [-0.2, -0.15) is 0 Å². The van der Waals surface area contributed by atoms with Crippen LogP contribution in [0.3, 0.4) is 0 Å². The van der Waals surface area contributed by atoms with Gasteiger partial charge in [0.2, 0.25) is 11.8 Å². The zero-order valence-corrected chi connectivity index (χ0v) is 21.2. The van der Waals surface area contributed by atoms with Crippen molar-refractivity contribution in [3.63, 3.8) is 0 Å². The Labute approximate surface area is 213 Å². The third kappa shape index (κ3) is 5.60. The number of nitrogens with one attached hydrogen (secondary N) is 1. The Morgan fingerprint density at radius 3 is 2.15 bits per heavy atom. The Hall–Kier alpha value is -1.50. The highest BCUT2D eigenvalue weighted by molar-refractivity contribution is 6.35. The quantitative estimate of drug-likeness (QED) is 0.584. The van der Waals surface area contributed by atoms with Crippen LogP contribution in [0.5, 0.6) is 0 Å². The highest BCUT2D eigenvalue weighted by Crippen LogP contribution is 2.51. The molecule has 33 heavy (non-hydrogen) atoms. The number of likely N-dealkylation sites (N-methyl/N-ethyl adjacent to an activating group) is 1. The van der Waals surface area contributed by atoms with E-state index < -0.39 is 11.5 Å². The lowest BCUT2D eigenvalue weighted by atomic mass is 9.93. The number of piperazine rings is 1. The average molecular weight is 529 g/mol. The lowest BCUT2D eigenvalue weighted by molar-refractivity contribution is -0.138. The van der Waals surface area contributed by atoms with Crippen LogP contribution in [-0.2, 0) is 21.4 Å². The summed E-state index contributed by atoms with van der Waals surface area (Å²) >= 11 is 24.8. The molecular formula is C24H25Cl4N3O2. The molecule has 176 valence electrons. The number of halogens is 4. The maximum atomic E-state index is 13.5. The van der Waals surface area contributed by atoms with Gasteiger partial charge >= 0.3 is 0 Å². The molecule has 5 nitrogen and oxygen atoms in total. The molecule has 1 saturated heterocycles. The first-order chi connectivity index (χ1) is 15.7. The van der Waals surface area contributed by atoms with Crippen LogP contribution in [-0.4, -0.2) is 60.9 Å². The summed E-state index contributed by atoms with van der Waals surface area (Å²) in [4.78, 5) is 31.0. The largest absolute Gasteiger partial charge is 0.343 e. The van der Waals surface area contributed by atoms with Crippen LogP contribution in [0.2, 0.25) is 20.1 Å². The van der Waals surface area contributed by atoms with Gasteiger partial charge in [-0.15, -0.1) is 0 Å². The monoisotopic (exact) mass is 527 g/mol. The van der Waals surface area contributed by atoms with Gasteiger partial charge in [0, 0.05) is 52.7 Å². The van der Waals surface area contributed by atoms with Crippen molar-refractivity contribution in [3.05, 3.63) is 67.6 Å². The van der Waals surface area contributed by atoms with Gasteiger partial charge in [0.05, 0.1) is 5.41 Å². The molecule has 1 aliphatic carbocycles. The minimum Gasteiger partial charge on any atom is -0.343 e. The van der Waals surface area contributed by atoms with E-state index in [0.29, 0.717) is 52.4 Å². The van der Waals surface area contributed by atoms with Crippen LogP contribution in [0.1, 0.15) is 24.0 Å². The van der Waals surface area contributed by atoms with Crippen LogP contribution < -0.4 is 5.32 Å². The molecule has 2 amide bonds. The Kier molecular flexibility index (Phi) is 7.47. The van der Waals surface area contributed by atoms with E-state index in [0.717, 1.165) is 24.2 Å². The predicted octanol–water partition coefficient (Wildman–Crippen LogP) is 4.83. The van der Waals surface area contributed by atoms with Gasteiger partial charge in [0.25, 0.3) is 0 Å². The van der Waals surface area contributed by atoms with Gasteiger partial charge in [0.1, 0.15) is 6.04 Å². The molecule has 0 unspecified atom stereocenters. The zero-order valence-electron chi connectivity index (χ0n) is 18.2. The Bertz CT molecular complexity index is 1050. The minimum absolute atomic E-state index is 0.106. The predicted molar refractivity (Wildman–Crippen MR) is 134 cm³/mol. The van der Waals surface area contributed by atoms with Crippen LogP contribution in [0, 0.1) is 0 Å². The highest BCUT2D eigenvalue weighted by atomic mass is 35.5. The molecule has 0 bridgehead atoms. The number of carbonyl (C=O) groups is 2. The van der Waals surface area contributed by atoms with Crippen molar-refractivity contribution in [3.8, 4) is 0 Å². The van der Waals surface area contributed by atoms with Crippen molar-refractivity contribution < 1.29 is 9.59 Å². The molecule has 1 saturated carbocycles. The molecule has 1 N–H and O–H groups in total. The summed E-state index contributed by atoms with van der Waals surface area (Å²) in [5, 5.41) is 4.98. The fourth-order valence-corrected chi connectivity index (χ4v) is 5.49. The van der Waals surface area contributed by atoms with Crippen molar-refractivity contribution >= 4 is 58.2 Å². The number of nitrogens with zero attached hydrogens (tertiary/aromatic N) is 2. The fraction of sp³-hybridized carbons (Fsp3) is 0.417. The number of amides is 2. The van der Waals surface area contributed by atoms with E-state index in [9.17, 15) is 9.59 Å². The second-order valence-electron chi connectivity index (χ2n) is 8.84. The number of hydrogen-bond acceptors (Lipinski definition) is 3. The molecule has 2 aromatic rings. The van der Waals surface area contributed by atoms with Crippen LogP contribution in [0.25, 0.3) is 0 Å². The summed E-state index contributed by atoms with van der Waals surface area (Å²) in [6.07, 6.45) is 1.62. The molecular weight excluding hydrogens is 504 g/mol. The van der Waals surface area contributed by atoms with Crippen molar-refractivity contribution in [2.24, 2.45) is 0 Å². The summed E-state index contributed by atoms with van der Waals surface area (Å²) in [5.74, 6) is -0.308. The van der Waals surface area contributed by atoms with E-state index in [1.807, 2.05) is 11.9 Å². The van der Waals surface area contributed by atoms with Gasteiger partial charge in [-0.25, -0.2) is 0 Å². The first-order valence-electron chi connectivity index (χ1n) is 10.9. The van der Waals surface area contributed by atoms with Gasteiger partial charge < -0.3 is 15.1 Å². The van der Waals surface area contributed by atoms with Gasteiger partial charge in [-0.1, -0.05) is 52.5 Å². The smallest absolute Gasteiger partial charge is 0.245 e. The summed E-state index contributed by atoms with van der Waals surface area (Å²) in [6.45, 7) is 2.82. The van der Waals surface area contributed by atoms with E-state index >= 15 is 0 Å². The van der Waals surface area contributed by atoms with Gasteiger partial charge in [-0.05, 0) is 61.3 Å². The normalized spacial score (nSPS) is 18.6. The first-order valence-corrected chi connectivity index (χ1v) is 12.4. The third-order valence-corrected chi connectivity index (χ3v) is 7.40. The zero-order chi connectivity index (χ0) is 23.8. The molecule has 1 atom stereocenters. The number of rotatable bonds is 6. The molecule has 2 aliphatic rings. The topological polar surface area (TPSA) is 52.6 Å². The molecule has 0 spiro atoms. The second kappa shape index (κ2) is 10.0. The van der Waals surface area contributed by atoms with Crippen LogP contribution >= 0.6 is 46.4 Å². The summed E-state index contributed by atoms with van der Waals surface area (Å²) in [7, 11) is 2.03. The van der Waals surface area contributed by atoms with Crippen molar-refractivity contribution in [2.45, 2.75) is 30.7 Å². The standard InChI is InChI=1S/C24H25Cl4N3O2/c1-30-6-8-31(9-7-30)22(32)21(12-15-10-17(26)13-18(27)11-15)29-23(33)24(4-5-24)19-3-2-16(25)14-20(19)28/h2-3,10-11,13-14,21H,4-9,12H2,1H3,(H,29,33)/t21-/m0/s1. The SMILES string of the molecule is CN1CCN(C(=O)[C@H](Cc2cc(Cl)cc(Cl)c2)NC(=O)C2(c3ccc(Cl)cc3Cl)CC2)CC1. The molecule has 0 radical (unpaired) electrons. The van der Waals surface area contributed by atoms with E-state index in [-0.39, 0.29) is 11.8 Å². The number of carbonyl (C=O) groups excluding carboxylic acids is 2. The second-order valence-corrected chi connectivity index (χ2v) is 10.6. The van der Waals surface area contributed by atoms with Crippen LogP contribution in [0.15, 0.2) is 36.4 Å². The molecule has 0 aromatic heterocycles. The minimum atomic E-state index is -0.742. The van der Waals surface area contributed by atoms with E-state index in [1.54, 1.807) is 36.4 Å². The third-order valence-electron chi connectivity index (χ3n) is 6.41. The summed E-state index contributed by atoms with van der Waals surface area (Å²) in [6, 6.07) is 9.62. The lowest BCUT2D eigenvalue weighted by Crippen LogP contribution is -2.56. The fourth-order valence-electron chi connectivity index (χ4n) is 4.33. The van der Waals surface area contributed by atoms with E-state index in [2.05, 4.69) is 10.2 Å². The van der Waals surface area contributed by atoms with Crippen molar-refractivity contribution in [1.29, 1.82) is 0 Å². The molecule has 2 aromatic carbocycles. The Morgan fingerprint density at radius 1 is 0.939 bits per heavy atom. The molecule has 9 heteroatoms. The molecule has 4 rings (SSSR count). The van der Waals surface area contributed by atoms with Crippen molar-refractivity contribution in [2.75, 3.05) is 33.2 Å². The number of benzene rings is 2. The van der Waals surface area contributed by atoms with E-state index in [4.69, 9.17) is 46.4 Å².